The number of unbranched alkanes of at least 4 members (excludes halogenated alkanes) is 1. The number of alkyl carbamates (subject to hydrolysis) is 1. The summed E-state index contributed by atoms with van der Waals surface area (Å²) in [4.78, 5) is 41.8. The lowest BCUT2D eigenvalue weighted by atomic mass is 9.98. The topological polar surface area (TPSA) is 108 Å². The average molecular weight is 512 g/mol. The summed E-state index contributed by atoms with van der Waals surface area (Å²) in [7, 11) is 0. The molecule has 0 saturated carbocycles. The van der Waals surface area contributed by atoms with Crippen molar-refractivity contribution in [3.05, 3.63) is 65.7 Å². The number of ether oxygens (including phenoxy) is 1. The van der Waals surface area contributed by atoms with Gasteiger partial charge in [-0.05, 0) is 52.7 Å². The van der Waals surface area contributed by atoms with Crippen molar-refractivity contribution in [2.24, 2.45) is 0 Å². The van der Waals surface area contributed by atoms with E-state index in [2.05, 4.69) is 10.6 Å². The molecule has 0 aromatic heterocycles. The number of para-hydroxylation sites is 1. The van der Waals surface area contributed by atoms with Crippen molar-refractivity contribution in [2.45, 2.75) is 84.5 Å². The molecule has 37 heavy (non-hydrogen) atoms. The number of benzene rings is 2. The zero-order valence-corrected chi connectivity index (χ0v) is 22.8. The molecule has 2 aromatic carbocycles. The predicted molar refractivity (Wildman–Crippen MR) is 144 cm³/mol. The first kappa shape index (κ1) is 29.7. The van der Waals surface area contributed by atoms with Crippen LogP contribution in [0.15, 0.2) is 54.6 Å². The molecular weight excluding hydrogens is 470 g/mol. The second kappa shape index (κ2) is 13.7. The van der Waals surface area contributed by atoms with Crippen molar-refractivity contribution in [2.75, 3.05) is 6.54 Å². The molecule has 2 unspecified atom stereocenters. The zero-order chi connectivity index (χ0) is 27.6. The van der Waals surface area contributed by atoms with Gasteiger partial charge in [0.1, 0.15) is 23.4 Å². The van der Waals surface area contributed by atoms with Crippen LogP contribution in [0.3, 0.4) is 0 Å². The van der Waals surface area contributed by atoms with Crippen molar-refractivity contribution >= 4 is 17.9 Å². The molecule has 0 aliphatic heterocycles. The van der Waals surface area contributed by atoms with Crippen molar-refractivity contribution in [3.8, 4) is 5.75 Å². The largest absolute Gasteiger partial charge is 0.508 e. The Morgan fingerprint density at radius 1 is 1.00 bits per heavy atom. The Labute approximate surface area is 220 Å². The number of hydrogen-bond acceptors (Lipinski definition) is 5. The van der Waals surface area contributed by atoms with Gasteiger partial charge in [0.15, 0.2) is 0 Å². The van der Waals surface area contributed by atoms with Crippen LogP contribution in [-0.4, -0.2) is 52.1 Å². The zero-order valence-electron chi connectivity index (χ0n) is 22.8. The van der Waals surface area contributed by atoms with E-state index < -0.39 is 41.6 Å². The maximum absolute atomic E-state index is 14.1. The quantitative estimate of drug-likeness (QED) is 0.378. The molecule has 8 nitrogen and oxygen atoms in total. The van der Waals surface area contributed by atoms with Crippen LogP contribution in [0, 0.1) is 0 Å². The minimum Gasteiger partial charge on any atom is -0.508 e. The summed E-state index contributed by atoms with van der Waals surface area (Å²) in [6.07, 6.45) is 1.16. The molecule has 0 aliphatic carbocycles. The summed E-state index contributed by atoms with van der Waals surface area (Å²) in [5.41, 5.74) is 0.404. The van der Waals surface area contributed by atoms with Crippen LogP contribution < -0.4 is 10.6 Å². The Morgan fingerprint density at radius 2 is 1.62 bits per heavy atom. The first-order valence-electron chi connectivity index (χ1n) is 12.9. The van der Waals surface area contributed by atoms with Gasteiger partial charge < -0.3 is 25.4 Å². The van der Waals surface area contributed by atoms with Crippen LogP contribution in [0.1, 0.15) is 71.6 Å². The highest BCUT2D eigenvalue weighted by Crippen LogP contribution is 2.31. The van der Waals surface area contributed by atoms with Crippen molar-refractivity contribution in [1.82, 2.24) is 15.5 Å². The number of nitrogens with one attached hydrogen (secondary N) is 2. The molecule has 2 atom stereocenters. The summed E-state index contributed by atoms with van der Waals surface area (Å²) in [5.74, 6) is -0.937. The van der Waals surface area contributed by atoms with Gasteiger partial charge in [0.25, 0.3) is 0 Å². The molecule has 0 radical (unpaired) electrons. The first-order chi connectivity index (χ1) is 17.4. The lowest BCUT2D eigenvalue weighted by Gasteiger charge is -2.37. The van der Waals surface area contributed by atoms with E-state index in [4.69, 9.17) is 4.74 Å². The molecule has 202 valence electrons. The molecule has 3 N–H and O–H groups in total. The van der Waals surface area contributed by atoms with Crippen LogP contribution in [0.4, 0.5) is 4.79 Å². The van der Waals surface area contributed by atoms with Crippen molar-refractivity contribution < 1.29 is 24.2 Å². The van der Waals surface area contributed by atoms with Gasteiger partial charge in [0, 0.05) is 24.6 Å². The van der Waals surface area contributed by atoms with E-state index in [1.54, 1.807) is 52.8 Å². The third-order valence-electron chi connectivity index (χ3n) is 5.67. The molecule has 0 saturated heterocycles. The molecule has 0 bridgehead atoms. The molecule has 0 spiro atoms. The Balaban J connectivity index is 2.51. The average Bonchev–Trinajstić information content (AvgIpc) is 2.81. The molecule has 0 heterocycles. The van der Waals surface area contributed by atoms with E-state index in [1.807, 2.05) is 37.3 Å². The van der Waals surface area contributed by atoms with Gasteiger partial charge >= 0.3 is 6.09 Å². The van der Waals surface area contributed by atoms with Gasteiger partial charge in [-0.1, -0.05) is 61.9 Å². The molecule has 2 aromatic rings. The molecule has 3 amide bonds. The smallest absolute Gasteiger partial charge is 0.408 e. The standard InChI is InChI=1S/C29H41N3O5/c1-7-8-18-30-26(34)25(22-16-12-13-17-24(22)33)32(20(2)3)27(35)23(19-21-14-10-9-11-15-21)31-28(36)37-29(4,5)6/h9-17,20,23,25,33H,7-8,18-19H2,1-6H3,(H,30,34)(H,31,36). The minimum atomic E-state index is -1.09. The minimum absolute atomic E-state index is 0.0868. The van der Waals surface area contributed by atoms with Gasteiger partial charge in [-0.2, -0.15) is 0 Å². The van der Waals surface area contributed by atoms with E-state index in [9.17, 15) is 19.5 Å². The number of hydrogen-bond donors (Lipinski definition) is 3. The van der Waals surface area contributed by atoms with Gasteiger partial charge in [0.2, 0.25) is 11.8 Å². The van der Waals surface area contributed by atoms with E-state index >= 15 is 0 Å². The second-order valence-electron chi connectivity index (χ2n) is 10.3. The Morgan fingerprint density at radius 3 is 2.19 bits per heavy atom. The molecule has 2 rings (SSSR count). The summed E-state index contributed by atoms with van der Waals surface area (Å²) in [6, 6.07) is 13.3. The van der Waals surface area contributed by atoms with Crippen LogP contribution in [0.2, 0.25) is 0 Å². The monoisotopic (exact) mass is 511 g/mol. The molecule has 0 fully saturated rings. The molecule has 8 heteroatoms. The van der Waals surface area contributed by atoms with Crippen LogP contribution in [0.25, 0.3) is 0 Å². The number of amides is 3. The number of rotatable bonds is 11. The second-order valence-corrected chi connectivity index (χ2v) is 10.3. The van der Waals surface area contributed by atoms with Crippen molar-refractivity contribution in [1.29, 1.82) is 0 Å². The Hall–Kier alpha value is -3.55. The molecule has 0 aliphatic rings. The highest BCUT2D eigenvalue weighted by molar-refractivity contribution is 5.93. The molecular formula is C29H41N3O5. The number of phenols is 1. The summed E-state index contributed by atoms with van der Waals surface area (Å²) in [6.45, 7) is 11.3. The normalized spacial score (nSPS) is 12.9. The Kier molecular flexibility index (Phi) is 11.0. The summed E-state index contributed by atoms with van der Waals surface area (Å²) < 4.78 is 5.43. The fourth-order valence-corrected chi connectivity index (χ4v) is 3.98. The summed E-state index contributed by atoms with van der Waals surface area (Å²) in [5, 5.41) is 16.3. The van der Waals surface area contributed by atoms with E-state index in [1.165, 1.54) is 11.0 Å². The number of carbonyl (C=O) groups is 3. The SMILES string of the molecule is CCCCNC(=O)C(c1ccccc1O)N(C(=O)C(Cc1ccccc1)NC(=O)OC(C)(C)C)C(C)C. The fraction of sp³-hybridized carbons (Fsp3) is 0.483. The highest BCUT2D eigenvalue weighted by atomic mass is 16.6. The number of carbonyl (C=O) groups excluding carboxylic acids is 3. The van der Waals surface area contributed by atoms with Gasteiger partial charge in [-0.15, -0.1) is 0 Å². The van der Waals surface area contributed by atoms with Crippen molar-refractivity contribution in [3.63, 3.8) is 0 Å². The van der Waals surface area contributed by atoms with Gasteiger partial charge in [-0.25, -0.2) is 4.79 Å². The number of nitrogens with zero attached hydrogens (tertiary/aromatic N) is 1. The maximum atomic E-state index is 14.1. The maximum Gasteiger partial charge on any atom is 0.408 e. The lowest BCUT2D eigenvalue weighted by molar-refractivity contribution is -0.144. The predicted octanol–water partition coefficient (Wildman–Crippen LogP) is 4.72. The third-order valence-corrected chi connectivity index (χ3v) is 5.67. The summed E-state index contributed by atoms with van der Waals surface area (Å²) >= 11 is 0. The first-order valence-corrected chi connectivity index (χ1v) is 12.9. The Bertz CT molecular complexity index is 1030. The van der Waals surface area contributed by atoms with E-state index in [-0.39, 0.29) is 12.2 Å². The van der Waals surface area contributed by atoms with E-state index in [0.29, 0.717) is 12.1 Å². The lowest BCUT2D eigenvalue weighted by Crippen LogP contribution is -2.55. The van der Waals surface area contributed by atoms with Crippen LogP contribution in [-0.2, 0) is 20.7 Å². The third kappa shape index (κ3) is 9.12. The van der Waals surface area contributed by atoms with Gasteiger partial charge in [-0.3, -0.25) is 9.59 Å². The number of phenolic OH excluding ortho intramolecular Hbond substituents is 1. The highest BCUT2D eigenvalue weighted by Gasteiger charge is 2.38. The van der Waals surface area contributed by atoms with E-state index in [0.717, 1.165) is 18.4 Å². The van der Waals surface area contributed by atoms with Gasteiger partial charge in [0.05, 0.1) is 0 Å². The number of aromatic hydroxyl groups is 1. The van der Waals surface area contributed by atoms with Crippen LogP contribution in [0.5, 0.6) is 5.75 Å². The van der Waals surface area contributed by atoms with Crippen LogP contribution >= 0.6 is 0 Å². The fourth-order valence-electron chi connectivity index (χ4n) is 3.98.